The molecule has 0 unspecified atom stereocenters. The van der Waals surface area contributed by atoms with Crippen LogP contribution in [0.5, 0.6) is 11.5 Å². The summed E-state index contributed by atoms with van der Waals surface area (Å²) in [5, 5.41) is 9.77. The molecule has 3 N–H and O–H groups in total. The van der Waals surface area contributed by atoms with Gasteiger partial charge in [0, 0.05) is 0 Å². The highest BCUT2D eigenvalue weighted by Crippen LogP contribution is 2.59. The fourth-order valence-electron chi connectivity index (χ4n) is 1.66. The predicted octanol–water partition coefficient (Wildman–Crippen LogP) is 3.39. The van der Waals surface area contributed by atoms with Crippen molar-refractivity contribution in [3.8, 4) is 11.5 Å². The number of halogens is 1. The van der Waals surface area contributed by atoms with Crippen molar-refractivity contribution in [3.63, 3.8) is 0 Å². The normalized spacial score (nSPS) is 13.2. The quantitative estimate of drug-likeness (QED) is 0.717. The SMILES string of the molecule is CCOP(=O)(OCC)[C@H](N)c1cc(Br)c(O)c(OC)c1. The number of methoxy groups -OCH3 is 1. The standard InChI is InChI=1S/C12H19BrNO5P/c1-4-18-20(16,19-5-2)12(14)8-6-9(13)11(15)10(7-8)17-3/h6-7,12,15H,4-5,14H2,1-3H3/t12-/m0/s1. The minimum absolute atomic E-state index is 0.0499. The summed E-state index contributed by atoms with van der Waals surface area (Å²) in [6.45, 7) is 3.88. The molecule has 0 radical (unpaired) electrons. The highest BCUT2D eigenvalue weighted by atomic mass is 79.9. The molecule has 20 heavy (non-hydrogen) atoms. The van der Waals surface area contributed by atoms with Gasteiger partial charge >= 0.3 is 7.60 Å². The smallest absolute Gasteiger partial charge is 0.351 e. The molecule has 1 aromatic carbocycles. The Balaban J connectivity index is 3.21. The third-order valence-electron chi connectivity index (χ3n) is 2.57. The number of rotatable bonds is 7. The molecule has 1 atom stereocenters. The zero-order valence-electron chi connectivity index (χ0n) is 11.6. The minimum Gasteiger partial charge on any atom is -0.503 e. The Morgan fingerprint density at radius 3 is 2.35 bits per heavy atom. The molecule has 0 saturated carbocycles. The number of phenols is 1. The van der Waals surface area contributed by atoms with E-state index in [1.807, 2.05) is 0 Å². The van der Waals surface area contributed by atoms with Gasteiger partial charge in [0.2, 0.25) is 0 Å². The number of benzene rings is 1. The molecule has 0 aliphatic heterocycles. The van der Waals surface area contributed by atoms with Crippen molar-refractivity contribution in [2.45, 2.75) is 19.6 Å². The molecule has 8 heteroatoms. The van der Waals surface area contributed by atoms with Gasteiger partial charge < -0.3 is 24.6 Å². The molecule has 1 rings (SSSR count). The van der Waals surface area contributed by atoms with E-state index in [9.17, 15) is 9.67 Å². The maximum Gasteiger partial charge on any atom is 0.351 e. The van der Waals surface area contributed by atoms with Crippen LogP contribution in [0.3, 0.4) is 0 Å². The molecule has 0 bridgehead atoms. The summed E-state index contributed by atoms with van der Waals surface area (Å²) in [5.41, 5.74) is 6.50. The molecule has 0 aliphatic carbocycles. The predicted molar refractivity (Wildman–Crippen MR) is 80.1 cm³/mol. The van der Waals surface area contributed by atoms with E-state index < -0.39 is 13.4 Å². The van der Waals surface area contributed by atoms with Gasteiger partial charge in [-0.2, -0.15) is 0 Å². The lowest BCUT2D eigenvalue weighted by molar-refractivity contribution is 0.212. The lowest BCUT2D eigenvalue weighted by atomic mass is 10.2. The zero-order valence-corrected chi connectivity index (χ0v) is 14.1. The first-order chi connectivity index (χ1) is 9.39. The fourth-order valence-corrected chi connectivity index (χ4v) is 3.75. The van der Waals surface area contributed by atoms with Crippen LogP contribution in [0.2, 0.25) is 0 Å². The molecule has 0 aromatic heterocycles. The number of nitrogens with two attached hydrogens (primary N) is 1. The molecule has 114 valence electrons. The number of hydrogen-bond donors (Lipinski definition) is 2. The lowest BCUT2D eigenvalue weighted by Gasteiger charge is -2.24. The van der Waals surface area contributed by atoms with Gasteiger partial charge in [-0.05, 0) is 47.5 Å². The molecule has 0 heterocycles. The Labute approximate surface area is 126 Å². The van der Waals surface area contributed by atoms with E-state index in [0.29, 0.717) is 10.0 Å². The van der Waals surface area contributed by atoms with Gasteiger partial charge in [0.05, 0.1) is 24.8 Å². The highest BCUT2D eigenvalue weighted by molar-refractivity contribution is 9.10. The van der Waals surface area contributed by atoms with Gasteiger partial charge in [-0.25, -0.2) is 0 Å². The average Bonchev–Trinajstić information content (AvgIpc) is 2.41. The van der Waals surface area contributed by atoms with Crippen LogP contribution in [-0.4, -0.2) is 25.4 Å². The van der Waals surface area contributed by atoms with E-state index in [2.05, 4.69) is 15.9 Å². The van der Waals surface area contributed by atoms with Gasteiger partial charge in [-0.15, -0.1) is 0 Å². The third kappa shape index (κ3) is 3.74. The number of hydrogen-bond acceptors (Lipinski definition) is 6. The minimum atomic E-state index is -3.48. The molecular formula is C12H19BrNO5P. The van der Waals surface area contributed by atoms with Gasteiger partial charge in [0.1, 0.15) is 5.78 Å². The summed E-state index contributed by atoms with van der Waals surface area (Å²) >= 11 is 3.19. The number of ether oxygens (including phenoxy) is 1. The Bertz CT molecular complexity index is 501. The lowest BCUT2D eigenvalue weighted by Crippen LogP contribution is -2.15. The Hall–Kier alpha value is -0.590. The summed E-state index contributed by atoms with van der Waals surface area (Å²) in [7, 11) is -2.06. The summed E-state index contributed by atoms with van der Waals surface area (Å²) in [6.07, 6.45) is 0. The van der Waals surface area contributed by atoms with Crippen LogP contribution >= 0.6 is 23.5 Å². The molecule has 0 spiro atoms. The first kappa shape index (κ1) is 17.5. The van der Waals surface area contributed by atoms with Crippen LogP contribution in [-0.2, 0) is 13.6 Å². The highest BCUT2D eigenvalue weighted by Gasteiger charge is 2.34. The molecule has 0 fully saturated rings. The zero-order chi connectivity index (χ0) is 15.3. The van der Waals surface area contributed by atoms with E-state index >= 15 is 0 Å². The second-order valence-corrected chi connectivity index (χ2v) is 6.88. The Morgan fingerprint density at radius 2 is 1.90 bits per heavy atom. The topological polar surface area (TPSA) is 91.0 Å². The van der Waals surface area contributed by atoms with Crippen LogP contribution in [0.1, 0.15) is 25.2 Å². The second kappa shape index (κ2) is 7.43. The van der Waals surface area contributed by atoms with E-state index in [-0.39, 0.29) is 24.7 Å². The summed E-state index contributed by atoms with van der Waals surface area (Å²) < 4.78 is 28.5. The summed E-state index contributed by atoms with van der Waals surface area (Å²) in [5.74, 6) is -0.788. The maximum absolute atomic E-state index is 12.6. The van der Waals surface area contributed by atoms with Crippen molar-refractivity contribution in [1.82, 2.24) is 0 Å². The van der Waals surface area contributed by atoms with Gasteiger partial charge in [0.25, 0.3) is 0 Å². The second-order valence-electron chi connectivity index (χ2n) is 3.87. The average molecular weight is 368 g/mol. The van der Waals surface area contributed by atoms with Gasteiger partial charge in [-0.3, -0.25) is 4.57 Å². The maximum atomic E-state index is 12.6. The van der Waals surface area contributed by atoms with Gasteiger partial charge in [-0.1, -0.05) is 0 Å². The van der Waals surface area contributed by atoms with E-state index in [1.54, 1.807) is 19.9 Å². The van der Waals surface area contributed by atoms with Crippen LogP contribution < -0.4 is 10.5 Å². The van der Waals surface area contributed by atoms with Crippen LogP contribution in [0.15, 0.2) is 16.6 Å². The molecule has 0 saturated heterocycles. The van der Waals surface area contributed by atoms with Crippen LogP contribution in [0.4, 0.5) is 0 Å². The van der Waals surface area contributed by atoms with Crippen LogP contribution in [0.25, 0.3) is 0 Å². The van der Waals surface area contributed by atoms with Crippen molar-refractivity contribution in [1.29, 1.82) is 0 Å². The molecular weight excluding hydrogens is 349 g/mol. The number of phenolic OH excluding ortho intramolecular Hbond substituents is 1. The van der Waals surface area contributed by atoms with Gasteiger partial charge in [0.15, 0.2) is 11.5 Å². The Kier molecular flexibility index (Phi) is 6.48. The van der Waals surface area contributed by atoms with E-state index in [1.165, 1.54) is 13.2 Å². The van der Waals surface area contributed by atoms with Crippen LogP contribution in [0, 0.1) is 0 Å². The molecule has 0 amide bonds. The first-order valence-electron chi connectivity index (χ1n) is 6.10. The van der Waals surface area contributed by atoms with E-state index in [4.69, 9.17) is 19.5 Å². The summed E-state index contributed by atoms with van der Waals surface area (Å²) in [4.78, 5) is 0. The first-order valence-corrected chi connectivity index (χ1v) is 8.50. The van der Waals surface area contributed by atoms with Crippen molar-refractivity contribution in [2.24, 2.45) is 5.73 Å². The summed E-state index contributed by atoms with van der Waals surface area (Å²) in [6, 6.07) is 3.07. The fraction of sp³-hybridized carbons (Fsp3) is 0.500. The number of aromatic hydroxyl groups is 1. The monoisotopic (exact) mass is 367 g/mol. The van der Waals surface area contributed by atoms with E-state index in [0.717, 1.165) is 0 Å². The Morgan fingerprint density at radius 1 is 1.35 bits per heavy atom. The largest absolute Gasteiger partial charge is 0.503 e. The van der Waals surface area contributed by atoms with Crippen molar-refractivity contribution in [3.05, 3.63) is 22.2 Å². The third-order valence-corrected chi connectivity index (χ3v) is 5.39. The van der Waals surface area contributed by atoms with Crippen molar-refractivity contribution < 1.29 is 23.5 Å². The molecule has 0 aliphatic rings. The van der Waals surface area contributed by atoms with Crippen molar-refractivity contribution >= 4 is 23.5 Å². The molecule has 6 nitrogen and oxygen atoms in total. The van der Waals surface area contributed by atoms with Crippen molar-refractivity contribution in [2.75, 3.05) is 20.3 Å². The molecule has 1 aromatic rings.